The van der Waals surface area contributed by atoms with Crippen LogP contribution in [0.4, 0.5) is 5.69 Å². The summed E-state index contributed by atoms with van der Waals surface area (Å²) in [7, 11) is 6.54. The maximum Gasteiger partial charge on any atom is 0.272 e. The molecule has 0 spiro atoms. The highest BCUT2D eigenvalue weighted by Crippen LogP contribution is 2.44. The minimum absolute atomic E-state index is 0.267. The van der Waals surface area contributed by atoms with E-state index < -0.39 is 0 Å². The Morgan fingerprint density at radius 3 is 2.47 bits per heavy atom. The number of tetrazole rings is 1. The smallest absolute Gasteiger partial charge is 0.272 e. The van der Waals surface area contributed by atoms with Crippen LogP contribution in [0, 0.1) is 11.3 Å². The molecular weight excluding hydrogens is 486 g/mol. The molecule has 2 aromatic heterocycles. The van der Waals surface area contributed by atoms with Crippen molar-refractivity contribution in [2.75, 3.05) is 26.6 Å². The SMILES string of the molecule is COc1ccc(-c2ccc3cc(C(=O)Nc4ccc(C#N)cc4-c4nn[nH]n4)n(C)c3c2)c(OC)c1OC. The monoisotopic (exact) mass is 509 g/mol. The van der Waals surface area contributed by atoms with E-state index in [-0.39, 0.29) is 11.7 Å². The molecule has 0 aliphatic heterocycles. The standard InChI is InChI=1S/C27H23N7O4/c1-34-21-12-16(18-8-10-23(36-2)25(38-4)24(18)37-3)6-7-17(21)13-22(34)27(35)29-20-9-5-15(14-28)11-19(20)26-30-32-33-31-26/h5-13H,1-4H3,(H,29,35)(H,30,31,32,33). The third kappa shape index (κ3) is 4.14. The minimum atomic E-state index is -0.330. The molecule has 38 heavy (non-hydrogen) atoms. The van der Waals surface area contributed by atoms with Gasteiger partial charge in [-0.3, -0.25) is 4.79 Å². The molecule has 0 bridgehead atoms. The highest BCUT2D eigenvalue weighted by Gasteiger charge is 2.20. The zero-order valence-electron chi connectivity index (χ0n) is 21.1. The lowest BCUT2D eigenvalue weighted by Gasteiger charge is -2.16. The largest absolute Gasteiger partial charge is 0.493 e. The molecule has 11 heteroatoms. The van der Waals surface area contributed by atoms with E-state index in [9.17, 15) is 10.1 Å². The van der Waals surface area contributed by atoms with Crippen LogP contribution < -0.4 is 19.5 Å². The molecule has 190 valence electrons. The number of ether oxygens (including phenoxy) is 3. The summed E-state index contributed by atoms with van der Waals surface area (Å²) in [6, 6.07) is 18.4. The van der Waals surface area contributed by atoms with E-state index in [1.165, 1.54) is 0 Å². The Bertz CT molecular complexity index is 1700. The van der Waals surface area contributed by atoms with E-state index >= 15 is 0 Å². The number of anilines is 1. The van der Waals surface area contributed by atoms with Gasteiger partial charge in [-0.05, 0) is 53.2 Å². The molecule has 0 unspecified atom stereocenters. The van der Waals surface area contributed by atoms with Crippen molar-refractivity contribution in [3.63, 3.8) is 0 Å². The Balaban J connectivity index is 1.53. The summed E-state index contributed by atoms with van der Waals surface area (Å²) in [6.07, 6.45) is 0. The average molecular weight is 510 g/mol. The number of fused-ring (bicyclic) bond motifs is 1. The van der Waals surface area contributed by atoms with Crippen LogP contribution in [-0.2, 0) is 7.05 Å². The van der Waals surface area contributed by atoms with Gasteiger partial charge < -0.3 is 24.1 Å². The Labute approximate surface area is 217 Å². The molecule has 2 heterocycles. The van der Waals surface area contributed by atoms with Gasteiger partial charge in [-0.1, -0.05) is 12.1 Å². The Morgan fingerprint density at radius 2 is 1.79 bits per heavy atom. The second-order valence-electron chi connectivity index (χ2n) is 8.31. The first kappa shape index (κ1) is 24.3. The molecule has 2 N–H and O–H groups in total. The molecule has 0 saturated heterocycles. The van der Waals surface area contributed by atoms with Crippen molar-refractivity contribution in [1.82, 2.24) is 25.2 Å². The highest BCUT2D eigenvalue weighted by molar-refractivity contribution is 6.08. The van der Waals surface area contributed by atoms with Gasteiger partial charge in [-0.15, -0.1) is 10.2 Å². The van der Waals surface area contributed by atoms with Crippen LogP contribution in [-0.4, -0.2) is 52.4 Å². The molecule has 0 radical (unpaired) electrons. The molecule has 5 rings (SSSR count). The second kappa shape index (κ2) is 9.94. The number of carbonyl (C=O) groups is 1. The van der Waals surface area contributed by atoms with E-state index in [0.29, 0.717) is 39.8 Å². The van der Waals surface area contributed by atoms with Crippen LogP contribution in [0.5, 0.6) is 17.2 Å². The van der Waals surface area contributed by atoms with Crippen LogP contribution >= 0.6 is 0 Å². The van der Waals surface area contributed by atoms with Crippen molar-refractivity contribution in [2.45, 2.75) is 0 Å². The Kier molecular flexibility index (Phi) is 6.37. The van der Waals surface area contributed by atoms with Gasteiger partial charge in [0.25, 0.3) is 5.91 Å². The number of aryl methyl sites for hydroxylation is 1. The van der Waals surface area contributed by atoms with Gasteiger partial charge in [0.05, 0.1) is 38.6 Å². The molecule has 5 aromatic rings. The third-order valence-corrected chi connectivity index (χ3v) is 6.28. The number of aromatic amines is 1. The van der Waals surface area contributed by atoms with Crippen molar-refractivity contribution in [3.05, 3.63) is 65.9 Å². The predicted molar refractivity (Wildman–Crippen MR) is 140 cm³/mol. The van der Waals surface area contributed by atoms with E-state index in [1.807, 2.05) is 48.0 Å². The molecule has 0 aliphatic carbocycles. The number of methoxy groups -OCH3 is 3. The van der Waals surface area contributed by atoms with Gasteiger partial charge in [-0.2, -0.15) is 10.5 Å². The van der Waals surface area contributed by atoms with Crippen molar-refractivity contribution in [2.24, 2.45) is 7.05 Å². The summed E-state index contributed by atoms with van der Waals surface area (Å²) >= 11 is 0. The Morgan fingerprint density at radius 1 is 0.974 bits per heavy atom. The molecular formula is C27H23N7O4. The number of hydrogen-bond donors (Lipinski definition) is 2. The zero-order valence-corrected chi connectivity index (χ0v) is 21.1. The number of amides is 1. The highest BCUT2D eigenvalue weighted by atomic mass is 16.5. The fourth-order valence-electron chi connectivity index (χ4n) is 4.41. The number of H-pyrrole nitrogens is 1. The van der Waals surface area contributed by atoms with Gasteiger partial charge in [0.1, 0.15) is 5.69 Å². The van der Waals surface area contributed by atoms with Gasteiger partial charge in [0.2, 0.25) is 11.6 Å². The Hall–Kier alpha value is -5.37. The summed E-state index contributed by atoms with van der Waals surface area (Å²) in [5.74, 6) is 1.55. The van der Waals surface area contributed by atoms with Crippen molar-refractivity contribution < 1.29 is 19.0 Å². The molecule has 11 nitrogen and oxygen atoms in total. The van der Waals surface area contributed by atoms with E-state index in [2.05, 4.69) is 32.0 Å². The number of carbonyl (C=O) groups excluding carboxylic acids is 1. The maximum atomic E-state index is 13.4. The van der Waals surface area contributed by atoms with Crippen LogP contribution in [0.3, 0.4) is 0 Å². The zero-order chi connectivity index (χ0) is 26.8. The number of nitriles is 1. The van der Waals surface area contributed by atoms with Crippen molar-refractivity contribution >= 4 is 22.5 Å². The third-order valence-electron chi connectivity index (χ3n) is 6.28. The number of aromatic nitrogens is 5. The molecule has 0 fully saturated rings. The molecule has 0 aliphatic rings. The summed E-state index contributed by atoms with van der Waals surface area (Å²) < 4.78 is 18.4. The number of nitrogens with one attached hydrogen (secondary N) is 2. The lowest BCUT2D eigenvalue weighted by atomic mass is 10.0. The van der Waals surface area contributed by atoms with E-state index in [1.54, 1.807) is 39.5 Å². The maximum absolute atomic E-state index is 13.4. The first-order chi connectivity index (χ1) is 18.5. The number of hydrogen-bond acceptors (Lipinski definition) is 8. The first-order valence-corrected chi connectivity index (χ1v) is 11.5. The van der Waals surface area contributed by atoms with E-state index in [0.717, 1.165) is 22.0 Å². The lowest BCUT2D eigenvalue weighted by Crippen LogP contribution is -2.16. The molecule has 1 amide bonds. The minimum Gasteiger partial charge on any atom is -0.493 e. The number of nitrogens with zero attached hydrogens (tertiary/aromatic N) is 5. The number of rotatable bonds is 7. The summed E-state index contributed by atoms with van der Waals surface area (Å²) in [5.41, 5.74) is 4.34. The van der Waals surface area contributed by atoms with Crippen molar-refractivity contribution in [3.8, 4) is 45.8 Å². The van der Waals surface area contributed by atoms with Crippen LogP contribution in [0.2, 0.25) is 0 Å². The predicted octanol–water partition coefficient (Wildman–Crippen LogP) is 4.18. The number of benzene rings is 3. The van der Waals surface area contributed by atoms with Crippen molar-refractivity contribution in [1.29, 1.82) is 5.26 Å². The topological polar surface area (TPSA) is 140 Å². The molecule has 0 saturated carbocycles. The molecule has 3 aromatic carbocycles. The first-order valence-electron chi connectivity index (χ1n) is 11.5. The van der Waals surface area contributed by atoms with Gasteiger partial charge in [0, 0.05) is 29.1 Å². The normalized spacial score (nSPS) is 10.7. The summed E-state index contributed by atoms with van der Waals surface area (Å²) in [5, 5.41) is 27.1. The molecule has 0 atom stereocenters. The lowest BCUT2D eigenvalue weighted by molar-refractivity contribution is 0.102. The van der Waals surface area contributed by atoms with Crippen LogP contribution in [0.1, 0.15) is 16.1 Å². The average Bonchev–Trinajstić information content (AvgIpc) is 3.60. The quantitative estimate of drug-likeness (QED) is 0.333. The van der Waals surface area contributed by atoms with Crippen LogP contribution in [0.25, 0.3) is 33.4 Å². The van der Waals surface area contributed by atoms with E-state index in [4.69, 9.17) is 14.2 Å². The summed E-state index contributed by atoms with van der Waals surface area (Å²) in [4.78, 5) is 13.4. The van der Waals surface area contributed by atoms with Gasteiger partial charge in [0.15, 0.2) is 11.5 Å². The van der Waals surface area contributed by atoms with Gasteiger partial charge in [-0.25, -0.2) is 0 Å². The van der Waals surface area contributed by atoms with Gasteiger partial charge >= 0.3 is 0 Å². The fraction of sp³-hybridized carbons (Fsp3) is 0.148. The summed E-state index contributed by atoms with van der Waals surface area (Å²) in [6.45, 7) is 0. The fourth-order valence-corrected chi connectivity index (χ4v) is 4.41. The second-order valence-corrected chi connectivity index (χ2v) is 8.31. The van der Waals surface area contributed by atoms with Crippen LogP contribution in [0.15, 0.2) is 54.6 Å².